The molecule has 1 fully saturated rings. The second kappa shape index (κ2) is 9.75. The van der Waals surface area contributed by atoms with Crippen LogP contribution in [0, 0.1) is 0 Å². The Labute approximate surface area is 161 Å². The quantitative estimate of drug-likeness (QED) is 0.626. The van der Waals surface area contributed by atoms with E-state index < -0.39 is 13.2 Å². The van der Waals surface area contributed by atoms with Crippen LogP contribution in [0.25, 0.3) is 0 Å². The lowest BCUT2D eigenvalue weighted by Gasteiger charge is -2.36. The Morgan fingerprint density at radius 3 is 2.43 bits per heavy atom. The minimum absolute atomic E-state index is 0.0719. The number of alkyl halides is 4. The molecule has 0 bridgehead atoms. The van der Waals surface area contributed by atoms with Crippen molar-refractivity contribution < 1.29 is 27.0 Å². The minimum atomic E-state index is -3.01. The van der Waals surface area contributed by atoms with Gasteiger partial charge in [-0.2, -0.15) is 17.6 Å². The average molecular weight is 398 g/mol. The molecule has 1 saturated heterocycles. The molecule has 1 aliphatic heterocycles. The highest BCUT2D eigenvalue weighted by Crippen LogP contribution is 2.31. The first kappa shape index (κ1) is 20.4. The van der Waals surface area contributed by atoms with Gasteiger partial charge >= 0.3 is 13.2 Å². The number of hydrogen-bond donors (Lipinski definition) is 1. The maximum Gasteiger partial charge on any atom is 0.387 e. The second-order valence-electron chi connectivity index (χ2n) is 6.48. The smallest absolute Gasteiger partial charge is 0.387 e. The van der Waals surface area contributed by atoms with Gasteiger partial charge in [0.15, 0.2) is 0 Å². The predicted octanol–water partition coefficient (Wildman–Crippen LogP) is 5.12. The molecule has 28 heavy (non-hydrogen) atoms. The molecule has 1 heterocycles. The van der Waals surface area contributed by atoms with Crippen LogP contribution in [0.5, 0.6) is 11.5 Å². The summed E-state index contributed by atoms with van der Waals surface area (Å²) >= 11 is 0. The van der Waals surface area contributed by atoms with Gasteiger partial charge in [0, 0.05) is 24.7 Å². The van der Waals surface area contributed by atoms with Gasteiger partial charge in [0.2, 0.25) is 0 Å². The lowest BCUT2D eigenvalue weighted by Crippen LogP contribution is -2.43. The van der Waals surface area contributed by atoms with Crippen molar-refractivity contribution in [1.82, 2.24) is 10.4 Å². The lowest BCUT2D eigenvalue weighted by molar-refractivity contribution is -0.0537. The Hall–Kier alpha value is -2.32. The first-order valence-electron chi connectivity index (χ1n) is 9.10. The van der Waals surface area contributed by atoms with Crippen molar-refractivity contribution in [3.63, 3.8) is 0 Å². The highest BCUT2D eigenvalue weighted by atomic mass is 19.3. The van der Waals surface area contributed by atoms with Crippen molar-refractivity contribution in [1.29, 1.82) is 0 Å². The van der Waals surface area contributed by atoms with Gasteiger partial charge in [0.05, 0.1) is 0 Å². The first-order chi connectivity index (χ1) is 13.5. The molecule has 4 nitrogen and oxygen atoms in total. The second-order valence-corrected chi connectivity index (χ2v) is 6.48. The van der Waals surface area contributed by atoms with Crippen LogP contribution in [0.2, 0.25) is 0 Å². The highest BCUT2D eigenvalue weighted by Gasteiger charge is 2.24. The van der Waals surface area contributed by atoms with Crippen LogP contribution in [0.1, 0.15) is 36.4 Å². The van der Waals surface area contributed by atoms with Crippen molar-refractivity contribution in [3.05, 3.63) is 59.7 Å². The van der Waals surface area contributed by atoms with Crippen LogP contribution in [-0.4, -0.2) is 24.8 Å². The van der Waals surface area contributed by atoms with E-state index in [9.17, 15) is 17.6 Å². The number of nitrogens with one attached hydrogen (secondary N) is 1. The number of halogens is 4. The van der Waals surface area contributed by atoms with Gasteiger partial charge in [-0.15, -0.1) is 0 Å². The molecule has 0 spiro atoms. The summed E-state index contributed by atoms with van der Waals surface area (Å²) in [6.07, 6.45) is 3.06. The number of hydrogen-bond acceptors (Lipinski definition) is 4. The molecular formula is C20H22F4N2O2. The molecule has 2 aromatic carbocycles. The fourth-order valence-electron chi connectivity index (χ4n) is 3.41. The number of nitrogens with zero attached hydrogens (tertiary/aromatic N) is 1. The van der Waals surface area contributed by atoms with Gasteiger partial charge in [-0.25, -0.2) is 5.01 Å². The van der Waals surface area contributed by atoms with Gasteiger partial charge in [-0.3, -0.25) is 5.43 Å². The highest BCUT2D eigenvalue weighted by molar-refractivity contribution is 5.40. The van der Waals surface area contributed by atoms with Gasteiger partial charge in [-0.1, -0.05) is 36.8 Å². The molecule has 8 heteroatoms. The third-order valence-corrected chi connectivity index (χ3v) is 4.63. The molecule has 0 amide bonds. The topological polar surface area (TPSA) is 33.7 Å². The fraction of sp³-hybridized carbons (Fsp3) is 0.400. The van der Waals surface area contributed by atoms with E-state index in [0.29, 0.717) is 5.56 Å². The third kappa shape index (κ3) is 5.59. The molecule has 0 radical (unpaired) electrons. The van der Waals surface area contributed by atoms with Crippen LogP contribution in [-0.2, 0) is 6.54 Å². The lowest BCUT2D eigenvalue weighted by atomic mass is 9.97. The van der Waals surface area contributed by atoms with Crippen molar-refractivity contribution in [2.75, 3.05) is 6.54 Å². The molecule has 1 aliphatic rings. The zero-order valence-corrected chi connectivity index (χ0v) is 15.2. The SMILES string of the molecule is FC(F)Oc1ccc(OC(F)F)c(CNN2CCCCC2c2ccccc2)c1. The van der Waals surface area contributed by atoms with Crippen LogP contribution in [0.4, 0.5) is 17.6 Å². The summed E-state index contributed by atoms with van der Waals surface area (Å²) in [6.45, 7) is -5.07. The number of rotatable bonds is 8. The Balaban J connectivity index is 1.75. The number of benzene rings is 2. The average Bonchev–Trinajstić information content (AvgIpc) is 2.68. The molecule has 1 N–H and O–H groups in total. The summed E-state index contributed by atoms with van der Waals surface area (Å²) in [6, 6.07) is 13.8. The Kier molecular flexibility index (Phi) is 7.11. The summed E-state index contributed by atoms with van der Waals surface area (Å²) in [5.41, 5.74) is 4.72. The van der Waals surface area contributed by atoms with E-state index in [-0.39, 0.29) is 24.1 Å². The summed E-state index contributed by atoms with van der Waals surface area (Å²) in [4.78, 5) is 0. The molecule has 0 aliphatic carbocycles. The van der Waals surface area contributed by atoms with Gasteiger partial charge in [-0.05, 0) is 36.6 Å². The molecule has 0 saturated carbocycles. The Bertz CT molecular complexity index is 746. The van der Waals surface area contributed by atoms with E-state index in [1.165, 1.54) is 18.2 Å². The largest absolute Gasteiger partial charge is 0.435 e. The van der Waals surface area contributed by atoms with Crippen molar-refractivity contribution in [2.45, 2.75) is 45.1 Å². The summed E-state index contributed by atoms with van der Waals surface area (Å²) in [7, 11) is 0. The molecule has 2 aromatic rings. The van der Waals surface area contributed by atoms with E-state index in [1.54, 1.807) is 0 Å². The molecular weight excluding hydrogens is 376 g/mol. The zero-order chi connectivity index (χ0) is 19.9. The molecule has 3 rings (SSSR count). The molecule has 1 unspecified atom stereocenters. The van der Waals surface area contributed by atoms with E-state index in [0.717, 1.165) is 31.4 Å². The van der Waals surface area contributed by atoms with E-state index >= 15 is 0 Å². The Morgan fingerprint density at radius 2 is 1.71 bits per heavy atom. The maximum absolute atomic E-state index is 12.7. The first-order valence-corrected chi connectivity index (χ1v) is 9.10. The van der Waals surface area contributed by atoms with Crippen molar-refractivity contribution >= 4 is 0 Å². The molecule has 0 aromatic heterocycles. The fourth-order valence-corrected chi connectivity index (χ4v) is 3.41. The van der Waals surface area contributed by atoms with Crippen LogP contribution in [0.3, 0.4) is 0 Å². The van der Waals surface area contributed by atoms with Gasteiger partial charge < -0.3 is 9.47 Å². The summed E-state index contributed by atoms with van der Waals surface area (Å²) in [5.74, 6) is -0.177. The number of ether oxygens (including phenoxy) is 2. The Morgan fingerprint density at radius 1 is 0.964 bits per heavy atom. The molecule has 152 valence electrons. The van der Waals surface area contributed by atoms with Gasteiger partial charge in [0.25, 0.3) is 0 Å². The predicted molar refractivity (Wildman–Crippen MR) is 96.3 cm³/mol. The normalized spacial score (nSPS) is 17.9. The van der Waals surface area contributed by atoms with E-state index in [4.69, 9.17) is 0 Å². The van der Waals surface area contributed by atoms with Crippen LogP contribution >= 0.6 is 0 Å². The van der Waals surface area contributed by atoms with Gasteiger partial charge in [0.1, 0.15) is 11.5 Å². The summed E-state index contributed by atoms with van der Waals surface area (Å²) in [5, 5.41) is 2.06. The molecule has 1 atom stereocenters. The summed E-state index contributed by atoms with van der Waals surface area (Å²) < 4.78 is 59.2. The van der Waals surface area contributed by atoms with E-state index in [2.05, 4.69) is 19.9 Å². The van der Waals surface area contributed by atoms with Crippen LogP contribution < -0.4 is 14.9 Å². The van der Waals surface area contributed by atoms with Crippen molar-refractivity contribution in [3.8, 4) is 11.5 Å². The van der Waals surface area contributed by atoms with Crippen LogP contribution in [0.15, 0.2) is 48.5 Å². The third-order valence-electron chi connectivity index (χ3n) is 4.63. The maximum atomic E-state index is 12.7. The van der Waals surface area contributed by atoms with Crippen molar-refractivity contribution in [2.24, 2.45) is 0 Å². The number of piperidine rings is 1. The standard InChI is InChI=1S/C20H22F4N2O2/c21-19(22)27-16-9-10-18(28-20(23)24)15(12-16)13-25-26-11-5-4-8-17(26)14-6-2-1-3-7-14/h1-3,6-7,9-10,12,17,19-20,25H,4-5,8,11,13H2. The van der Waals surface area contributed by atoms with E-state index in [1.807, 2.05) is 30.3 Å². The number of hydrazine groups is 1. The monoisotopic (exact) mass is 398 g/mol. The minimum Gasteiger partial charge on any atom is -0.435 e. The zero-order valence-electron chi connectivity index (χ0n) is 15.2.